The number of unbranched alkanes of at least 4 members (excludes halogenated alkanes) is 1. The van der Waals surface area contributed by atoms with E-state index >= 15 is 0 Å². The van der Waals surface area contributed by atoms with E-state index in [0.717, 1.165) is 37.3 Å². The number of methoxy groups -OCH3 is 1. The summed E-state index contributed by atoms with van der Waals surface area (Å²) in [5, 5.41) is 12.9. The monoisotopic (exact) mass is 253 g/mol. The number of aromatic hydroxyl groups is 1. The van der Waals surface area contributed by atoms with Crippen molar-refractivity contribution in [3.8, 4) is 11.5 Å². The standard InChI is InChI=1S/C14H23NO3/c1-3-4-8-18-9-7-15-11-12-10-13(17-2)5-6-14(12)16/h5-6,10,15-16H,3-4,7-9,11H2,1-2H3. The molecule has 0 fully saturated rings. The number of phenolic OH excluding ortho intramolecular Hbond substituents is 1. The summed E-state index contributed by atoms with van der Waals surface area (Å²) in [6, 6.07) is 5.22. The SMILES string of the molecule is CCCCOCCNCc1cc(OC)ccc1O. The lowest BCUT2D eigenvalue weighted by Crippen LogP contribution is -2.19. The molecule has 0 radical (unpaired) electrons. The van der Waals surface area contributed by atoms with Crippen molar-refractivity contribution < 1.29 is 14.6 Å². The van der Waals surface area contributed by atoms with Crippen LogP contribution < -0.4 is 10.1 Å². The summed E-state index contributed by atoms with van der Waals surface area (Å²) in [6.07, 6.45) is 2.27. The summed E-state index contributed by atoms with van der Waals surface area (Å²) in [6.45, 7) is 5.06. The summed E-state index contributed by atoms with van der Waals surface area (Å²) in [7, 11) is 1.62. The Bertz CT molecular complexity index is 342. The highest BCUT2D eigenvalue weighted by Crippen LogP contribution is 2.22. The van der Waals surface area contributed by atoms with E-state index in [2.05, 4.69) is 12.2 Å². The van der Waals surface area contributed by atoms with E-state index in [-0.39, 0.29) is 5.75 Å². The Morgan fingerprint density at radius 1 is 1.28 bits per heavy atom. The molecule has 0 aliphatic carbocycles. The number of nitrogens with one attached hydrogen (secondary N) is 1. The van der Waals surface area contributed by atoms with Gasteiger partial charge in [-0.15, -0.1) is 0 Å². The molecule has 0 unspecified atom stereocenters. The predicted octanol–water partition coefficient (Wildman–Crippen LogP) is 2.31. The van der Waals surface area contributed by atoms with Gasteiger partial charge in [-0.25, -0.2) is 0 Å². The number of hydrogen-bond acceptors (Lipinski definition) is 4. The Kier molecular flexibility index (Phi) is 7.22. The Morgan fingerprint density at radius 2 is 2.11 bits per heavy atom. The summed E-state index contributed by atoms with van der Waals surface area (Å²) in [4.78, 5) is 0. The largest absolute Gasteiger partial charge is 0.508 e. The van der Waals surface area contributed by atoms with E-state index < -0.39 is 0 Å². The lowest BCUT2D eigenvalue weighted by Gasteiger charge is -2.09. The highest BCUT2D eigenvalue weighted by Gasteiger charge is 2.02. The second kappa shape index (κ2) is 8.78. The van der Waals surface area contributed by atoms with E-state index in [9.17, 15) is 5.11 Å². The van der Waals surface area contributed by atoms with Gasteiger partial charge in [-0.05, 0) is 24.6 Å². The van der Waals surface area contributed by atoms with Crippen LogP contribution in [0.5, 0.6) is 11.5 Å². The molecule has 0 aliphatic heterocycles. The normalized spacial score (nSPS) is 10.6. The van der Waals surface area contributed by atoms with Crippen LogP contribution in [0.4, 0.5) is 0 Å². The van der Waals surface area contributed by atoms with Gasteiger partial charge in [0.2, 0.25) is 0 Å². The van der Waals surface area contributed by atoms with Crippen LogP contribution in [0.1, 0.15) is 25.3 Å². The molecular weight excluding hydrogens is 230 g/mol. The van der Waals surface area contributed by atoms with E-state index in [1.807, 2.05) is 6.07 Å². The van der Waals surface area contributed by atoms with Crippen LogP contribution in [0.15, 0.2) is 18.2 Å². The first-order chi connectivity index (χ1) is 8.77. The van der Waals surface area contributed by atoms with Gasteiger partial charge in [0.1, 0.15) is 11.5 Å². The van der Waals surface area contributed by atoms with Crippen LogP contribution in [0.25, 0.3) is 0 Å². The minimum absolute atomic E-state index is 0.287. The number of hydrogen-bond donors (Lipinski definition) is 2. The molecular formula is C14H23NO3. The third-order valence-corrected chi connectivity index (χ3v) is 2.67. The van der Waals surface area contributed by atoms with Gasteiger partial charge in [-0.2, -0.15) is 0 Å². The van der Waals surface area contributed by atoms with Crippen molar-refractivity contribution >= 4 is 0 Å². The number of ether oxygens (including phenoxy) is 2. The quantitative estimate of drug-likeness (QED) is 0.663. The Balaban J connectivity index is 2.22. The van der Waals surface area contributed by atoms with Crippen molar-refractivity contribution in [1.29, 1.82) is 0 Å². The van der Waals surface area contributed by atoms with Gasteiger partial charge in [0, 0.05) is 25.3 Å². The van der Waals surface area contributed by atoms with E-state index in [1.165, 1.54) is 0 Å². The third-order valence-electron chi connectivity index (χ3n) is 2.67. The second-order valence-corrected chi connectivity index (χ2v) is 4.14. The number of benzene rings is 1. The summed E-state index contributed by atoms with van der Waals surface area (Å²) in [5.74, 6) is 1.04. The fraction of sp³-hybridized carbons (Fsp3) is 0.571. The minimum atomic E-state index is 0.287. The molecule has 0 aromatic heterocycles. The Labute approximate surface area is 109 Å². The number of rotatable bonds is 9. The van der Waals surface area contributed by atoms with E-state index in [0.29, 0.717) is 13.2 Å². The van der Waals surface area contributed by atoms with Gasteiger partial charge in [0.25, 0.3) is 0 Å². The average Bonchev–Trinajstić information content (AvgIpc) is 2.39. The Hall–Kier alpha value is -1.26. The molecule has 0 atom stereocenters. The molecule has 4 heteroatoms. The maximum atomic E-state index is 9.68. The second-order valence-electron chi connectivity index (χ2n) is 4.14. The van der Waals surface area contributed by atoms with Gasteiger partial charge in [0.15, 0.2) is 0 Å². The van der Waals surface area contributed by atoms with Crippen LogP contribution in [-0.4, -0.2) is 32.0 Å². The van der Waals surface area contributed by atoms with E-state index in [1.54, 1.807) is 19.2 Å². The molecule has 4 nitrogen and oxygen atoms in total. The van der Waals surface area contributed by atoms with Crippen LogP contribution in [-0.2, 0) is 11.3 Å². The van der Waals surface area contributed by atoms with Gasteiger partial charge >= 0.3 is 0 Å². The molecule has 18 heavy (non-hydrogen) atoms. The summed E-state index contributed by atoms with van der Waals surface area (Å²) >= 11 is 0. The molecule has 102 valence electrons. The summed E-state index contributed by atoms with van der Waals surface area (Å²) in [5.41, 5.74) is 0.836. The maximum Gasteiger partial charge on any atom is 0.120 e. The maximum absolute atomic E-state index is 9.68. The van der Waals surface area contributed by atoms with Crippen molar-refractivity contribution in [2.45, 2.75) is 26.3 Å². The zero-order chi connectivity index (χ0) is 13.2. The van der Waals surface area contributed by atoms with Crippen molar-refractivity contribution in [2.75, 3.05) is 26.9 Å². The van der Waals surface area contributed by atoms with E-state index in [4.69, 9.17) is 9.47 Å². The fourth-order valence-electron chi connectivity index (χ4n) is 1.55. The molecule has 0 heterocycles. The first kappa shape index (κ1) is 14.8. The molecule has 0 saturated heterocycles. The third kappa shape index (κ3) is 5.38. The molecule has 1 aromatic rings. The average molecular weight is 253 g/mol. The molecule has 2 N–H and O–H groups in total. The summed E-state index contributed by atoms with van der Waals surface area (Å²) < 4.78 is 10.6. The molecule has 0 bridgehead atoms. The first-order valence-electron chi connectivity index (χ1n) is 6.42. The molecule has 0 saturated carbocycles. The van der Waals surface area contributed by atoms with Crippen LogP contribution >= 0.6 is 0 Å². The highest BCUT2D eigenvalue weighted by molar-refractivity contribution is 5.39. The molecule has 0 spiro atoms. The Morgan fingerprint density at radius 3 is 2.83 bits per heavy atom. The first-order valence-corrected chi connectivity index (χ1v) is 6.42. The zero-order valence-corrected chi connectivity index (χ0v) is 11.2. The molecule has 0 amide bonds. The smallest absolute Gasteiger partial charge is 0.120 e. The van der Waals surface area contributed by atoms with Crippen molar-refractivity contribution in [1.82, 2.24) is 5.32 Å². The van der Waals surface area contributed by atoms with Gasteiger partial charge in [-0.1, -0.05) is 13.3 Å². The topological polar surface area (TPSA) is 50.7 Å². The van der Waals surface area contributed by atoms with Crippen molar-refractivity contribution in [2.24, 2.45) is 0 Å². The lowest BCUT2D eigenvalue weighted by atomic mass is 10.2. The van der Waals surface area contributed by atoms with Gasteiger partial charge in [0.05, 0.1) is 13.7 Å². The number of phenols is 1. The molecule has 0 aliphatic rings. The molecule has 1 rings (SSSR count). The van der Waals surface area contributed by atoms with Crippen LogP contribution in [0, 0.1) is 0 Å². The van der Waals surface area contributed by atoms with Gasteiger partial charge < -0.3 is 19.9 Å². The minimum Gasteiger partial charge on any atom is -0.508 e. The van der Waals surface area contributed by atoms with Crippen molar-refractivity contribution in [3.05, 3.63) is 23.8 Å². The highest BCUT2D eigenvalue weighted by atomic mass is 16.5. The van der Waals surface area contributed by atoms with Crippen LogP contribution in [0.3, 0.4) is 0 Å². The zero-order valence-electron chi connectivity index (χ0n) is 11.2. The van der Waals surface area contributed by atoms with Gasteiger partial charge in [-0.3, -0.25) is 0 Å². The predicted molar refractivity (Wildman–Crippen MR) is 72.1 cm³/mol. The molecule has 1 aromatic carbocycles. The lowest BCUT2D eigenvalue weighted by molar-refractivity contribution is 0.133. The fourth-order valence-corrected chi connectivity index (χ4v) is 1.55. The van der Waals surface area contributed by atoms with Crippen LogP contribution in [0.2, 0.25) is 0 Å². The van der Waals surface area contributed by atoms with Crippen molar-refractivity contribution in [3.63, 3.8) is 0 Å².